The first kappa shape index (κ1) is 15.0. The Morgan fingerprint density at radius 2 is 2.05 bits per heavy atom. The molecule has 5 heteroatoms. The predicted molar refractivity (Wildman–Crippen MR) is 82.5 cm³/mol. The molecular formula is C16H19N3O2. The van der Waals surface area contributed by atoms with Gasteiger partial charge in [0.25, 0.3) is 5.91 Å². The van der Waals surface area contributed by atoms with Crippen LogP contribution in [0.2, 0.25) is 0 Å². The van der Waals surface area contributed by atoms with Crippen LogP contribution in [0.25, 0.3) is 0 Å². The van der Waals surface area contributed by atoms with Gasteiger partial charge >= 0.3 is 0 Å². The van der Waals surface area contributed by atoms with E-state index in [2.05, 4.69) is 21.8 Å². The number of anilines is 2. The summed E-state index contributed by atoms with van der Waals surface area (Å²) < 4.78 is 0. The van der Waals surface area contributed by atoms with Gasteiger partial charge in [0, 0.05) is 11.9 Å². The smallest absolute Gasteiger partial charge is 0.277 e. The second-order valence-corrected chi connectivity index (χ2v) is 4.73. The molecule has 2 aromatic rings. The molecule has 5 nitrogen and oxygen atoms in total. The molecule has 0 aliphatic rings. The highest BCUT2D eigenvalue weighted by Gasteiger charge is 2.12. The van der Waals surface area contributed by atoms with E-state index >= 15 is 0 Å². The zero-order valence-corrected chi connectivity index (χ0v) is 12.4. The minimum absolute atomic E-state index is 0.300. The standard InChI is InChI=1S/C16H19N3O2/c1-4-21-19-16(20)13-7-8-17-10-15(13)18-14-6-5-11(2)9-12(14)3/h5-10,18H,4H2,1-3H3,(H,19,20). The van der Waals surface area contributed by atoms with Crippen molar-refractivity contribution in [3.8, 4) is 0 Å². The van der Waals surface area contributed by atoms with Crippen LogP contribution in [-0.2, 0) is 4.84 Å². The molecule has 1 aromatic carbocycles. The molecule has 0 bridgehead atoms. The monoisotopic (exact) mass is 285 g/mol. The number of benzene rings is 1. The fourth-order valence-corrected chi connectivity index (χ4v) is 1.98. The van der Waals surface area contributed by atoms with E-state index in [9.17, 15) is 4.79 Å². The minimum atomic E-state index is -0.300. The lowest BCUT2D eigenvalue weighted by Crippen LogP contribution is -2.24. The molecule has 1 amide bonds. The summed E-state index contributed by atoms with van der Waals surface area (Å²) in [6.45, 7) is 6.28. The number of nitrogens with one attached hydrogen (secondary N) is 2. The van der Waals surface area contributed by atoms with E-state index in [4.69, 9.17) is 4.84 Å². The van der Waals surface area contributed by atoms with Crippen LogP contribution in [-0.4, -0.2) is 17.5 Å². The molecule has 0 radical (unpaired) electrons. The fourth-order valence-electron chi connectivity index (χ4n) is 1.98. The van der Waals surface area contributed by atoms with E-state index in [1.54, 1.807) is 18.5 Å². The van der Waals surface area contributed by atoms with Crippen LogP contribution in [0.5, 0.6) is 0 Å². The molecule has 2 N–H and O–H groups in total. The highest BCUT2D eigenvalue weighted by atomic mass is 16.6. The van der Waals surface area contributed by atoms with Gasteiger partial charge in [-0.05, 0) is 38.5 Å². The maximum atomic E-state index is 12.0. The van der Waals surface area contributed by atoms with Gasteiger partial charge < -0.3 is 5.32 Å². The van der Waals surface area contributed by atoms with Gasteiger partial charge in [0.2, 0.25) is 0 Å². The molecule has 1 heterocycles. The Bertz CT molecular complexity index is 641. The van der Waals surface area contributed by atoms with Crippen molar-refractivity contribution in [3.63, 3.8) is 0 Å². The van der Waals surface area contributed by atoms with E-state index in [-0.39, 0.29) is 5.91 Å². The first-order valence-electron chi connectivity index (χ1n) is 6.82. The molecule has 1 aromatic heterocycles. The Morgan fingerprint density at radius 1 is 1.24 bits per heavy atom. The minimum Gasteiger partial charge on any atom is -0.353 e. The third-order valence-corrected chi connectivity index (χ3v) is 3.03. The quantitative estimate of drug-likeness (QED) is 0.828. The fraction of sp³-hybridized carbons (Fsp3) is 0.250. The van der Waals surface area contributed by atoms with E-state index in [0.29, 0.717) is 17.9 Å². The number of pyridine rings is 1. The van der Waals surface area contributed by atoms with Gasteiger partial charge in [-0.2, -0.15) is 0 Å². The number of hydrogen-bond acceptors (Lipinski definition) is 4. The number of carbonyl (C=O) groups is 1. The van der Waals surface area contributed by atoms with Crippen LogP contribution < -0.4 is 10.8 Å². The zero-order valence-electron chi connectivity index (χ0n) is 12.4. The van der Waals surface area contributed by atoms with Gasteiger partial charge in [0.05, 0.1) is 24.1 Å². The second-order valence-electron chi connectivity index (χ2n) is 4.73. The topological polar surface area (TPSA) is 63.2 Å². The largest absolute Gasteiger partial charge is 0.353 e. The van der Waals surface area contributed by atoms with Crippen LogP contribution in [0.15, 0.2) is 36.7 Å². The molecule has 21 heavy (non-hydrogen) atoms. The van der Waals surface area contributed by atoms with Gasteiger partial charge in [-0.3, -0.25) is 14.6 Å². The molecule has 0 spiro atoms. The van der Waals surface area contributed by atoms with Gasteiger partial charge in [0.15, 0.2) is 0 Å². The highest BCUT2D eigenvalue weighted by molar-refractivity contribution is 5.99. The maximum Gasteiger partial charge on any atom is 0.277 e. The van der Waals surface area contributed by atoms with Crippen molar-refractivity contribution in [1.82, 2.24) is 10.5 Å². The molecule has 0 atom stereocenters. The lowest BCUT2D eigenvalue weighted by atomic mass is 10.1. The van der Waals surface area contributed by atoms with Crippen LogP contribution >= 0.6 is 0 Å². The summed E-state index contributed by atoms with van der Waals surface area (Å²) >= 11 is 0. The Hall–Kier alpha value is -2.40. The summed E-state index contributed by atoms with van der Waals surface area (Å²) in [5, 5.41) is 3.25. The normalized spacial score (nSPS) is 10.2. The lowest BCUT2D eigenvalue weighted by molar-refractivity contribution is 0.0365. The number of aromatic nitrogens is 1. The number of rotatable bonds is 5. The van der Waals surface area contributed by atoms with Crippen molar-refractivity contribution in [1.29, 1.82) is 0 Å². The first-order chi connectivity index (χ1) is 10.1. The number of carbonyl (C=O) groups excluding carboxylic acids is 1. The number of nitrogens with zero attached hydrogens (tertiary/aromatic N) is 1. The average molecular weight is 285 g/mol. The number of aryl methyl sites for hydroxylation is 2. The Kier molecular flexibility index (Phi) is 4.90. The van der Waals surface area contributed by atoms with Crippen LogP contribution in [0, 0.1) is 13.8 Å². The van der Waals surface area contributed by atoms with E-state index in [1.165, 1.54) is 5.56 Å². The van der Waals surface area contributed by atoms with Gasteiger partial charge in [-0.15, -0.1) is 0 Å². The second kappa shape index (κ2) is 6.85. The molecule has 110 valence electrons. The molecule has 2 rings (SSSR count). The summed E-state index contributed by atoms with van der Waals surface area (Å²) in [6.07, 6.45) is 3.20. The summed E-state index contributed by atoms with van der Waals surface area (Å²) in [6, 6.07) is 7.74. The third-order valence-electron chi connectivity index (χ3n) is 3.03. The number of hydrogen-bond donors (Lipinski definition) is 2. The van der Waals surface area contributed by atoms with Crippen LogP contribution in [0.3, 0.4) is 0 Å². The number of amides is 1. The van der Waals surface area contributed by atoms with Gasteiger partial charge in [-0.1, -0.05) is 17.7 Å². The molecule has 0 saturated carbocycles. The summed E-state index contributed by atoms with van der Waals surface area (Å²) in [5.74, 6) is -0.300. The number of hydroxylamine groups is 1. The van der Waals surface area contributed by atoms with Crippen molar-refractivity contribution >= 4 is 17.3 Å². The summed E-state index contributed by atoms with van der Waals surface area (Å²) in [5.41, 5.74) is 6.76. The Balaban J connectivity index is 2.26. The van der Waals surface area contributed by atoms with E-state index in [1.807, 2.05) is 32.9 Å². The third kappa shape index (κ3) is 3.79. The Labute approximate surface area is 124 Å². The lowest BCUT2D eigenvalue weighted by Gasteiger charge is -2.13. The Morgan fingerprint density at radius 3 is 2.76 bits per heavy atom. The SMILES string of the molecule is CCONC(=O)c1ccncc1Nc1ccc(C)cc1C. The van der Waals surface area contributed by atoms with Crippen molar-refractivity contribution in [2.45, 2.75) is 20.8 Å². The highest BCUT2D eigenvalue weighted by Crippen LogP contribution is 2.23. The first-order valence-corrected chi connectivity index (χ1v) is 6.82. The van der Waals surface area contributed by atoms with Crippen molar-refractivity contribution < 1.29 is 9.63 Å². The summed E-state index contributed by atoms with van der Waals surface area (Å²) in [7, 11) is 0. The zero-order chi connectivity index (χ0) is 15.2. The average Bonchev–Trinajstić information content (AvgIpc) is 2.48. The molecule has 0 saturated heterocycles. The molecular weight excluding hydrogens is 266 g/mol. The molecule has 0 fully saturated rings. The predicted octanol–water partition coefficient (Wildman–Crippen LogP) is 3.12. The summed E-state index contributed by atoms with van der Waals surface area (Å²) in [4.78, 5) is 21.1. The molecule has 0 aliphatic heterocycles. The molecule has 0 unspecified atom stereocenters. The van der Waals surface area contributed by atoms with Crippen molar-refractivity contribution in [2.24, 2.45) is 0 Å². The van der Waals surface area contributed by atoms with Crippen molar-refractivity contribution in [2.75, 3.05) is 11.9 Å². The van der Waals surface area contributed by atoms with E-state index < -0.39 is 0 Å². The van der Waals surface area contributed by atoms with Crippen LogP contribution in [0.4, 0.5) is 11.4 Å². The van der Waals surface area contributed by atoms with Crippen LogP contribution in [0.1, 0.15) is 28.4 Å². The maximum absolute atomic E-state index is 12.0. The van der Waals surface area contributed by atoms with Crippen molar-refractivity contribution in [3.05, 3.63) is 53.3 Å². The molecule has 0 aliphatic carbocycles. The van der Waals surface area contributed by atoms with Gasteiger partial charge in [0.1, 0.15) is 0 Å². The van der Waals surface area contributed by atoms with E-state index in [0.717, 1.165) is 11.3 Å². The van der Waals surface area contributed by atoms with Gasteiger partial charge in [-0.25, -0.2) is 5.48 Å².